The molecular formula is C26H19ClF2N8O3. The molecule has 4 aromatic rings. The fourth-order valence-corrected chi connectivity index (χ4v) is 5.88. The van der Waals surface area contributed by atoms with Crippen molar-refractivity contribution in [2.75, 3.05) is 5.32 Å². The molecule has 2 atom stereocenters. The van der Waals surface area contributed by atoms with Gasteiger partial charge in [-0.05, 0) is 59.5 Å². The Bertz CT molecular complexity index is 1720. The Morgan fingerprint density at radius 2 is 1.98 bits per heavy atom. The van der Waals surface area contributed by atoms with Crippen LogP contribution >= 0.6 is 11.6 Å². The van der Waals surface area contributed by atoms with Crippen LogP contribution in [0.15, 0.2) is 42.9 Å². The number of amides is 2. The largest absolute Gasteiger partial charge is 0.444 e. The molecule has 0 bridgehead atoms. The summed E-state index contributed by atoms with van der Waals surface area (Å²) in [6.07, 6.45) is 5.33. The van der Waals surface area contributed by atoms with Crippen molar-refractivity contribution in [3.8, 4) is 16.9 Å². The maximum absolute atomic E-state index is 15.3. The summed E-state index contributed by atoms with van der Waals surface area (Å²) in [5.41, 5.74) is 2.36. The average Bonchev–Trinajstić information content (AvgIpc) is 3.71. The topological polar surface area (TPSA) is 131 Å². The first-order valence-electron chi connectivity index (χ1n) is 12.4. The highest BCUT2D eigenvalue weighted by Crippen LogP contribution is 2.44. The number of carbonyl (C=O) groups is 2. The van der Waals surface area contributed by atoms with Crippen LogP contribution in [0.3, 0.4) is 0 Å². The number of aromatic amines is 1. The van der Waals surface area contributed by atoms with Gasteiger partial charge in [0, 0.05) is 28.8 Å². The first-order valence-corrected chi connectivity index (χ1v) is 12.8. The monoisotopic (exact) mass is 564 g/mol. The lowest BCUT2D eigenvalue weighted by atomic mass is 9.92. The van der Waals surface area contributed by atoms with E-state index in [9.17, 15) is 9.59 Å². The summed E-state index contributed by atoms with van der Waals surface area (Å²) in [4.78, 5) is 34.3. The number of rotatable bonds is 4. The molecule has 5 heterocycles. The molecule has 2 N–H and O–H groups in total. The number of nitrogens with zero attached hydrogens (tertiary/aromatic N) is 6. The highest BCUT2D eigenvalue weighted by molar-refractivity contribution is 6.31. The molecular weight excluding hydrogens is 546 g/mol. The van der Waals surface area contributed by atoms with Crippen LogP contribution < -0.4 is 5.32 Å². The summed E-state index contributed by atoms with van der Waals surface area (Å²) in [7, 11) is 0. The van der Waals surface area contributed by atoms with Crippen LogP contribution in [0.2, 0.25) is 5.02 Å². The van der Waals surface area contributed by atoms with Crippen molar-refractivity contribution in [2.24, 2.45) is 0 Å². The van der Waals surface area contributed by atoms with Gasteiger partial charge in [-0.2, -0.15) is 4.68 Å². The number of imidazole rings is 1. The second-order valence-electron chi connectivity index (χ2n) is 9.71. The van der Waals surface area contributed by atoms with Gasteiger partial charge in [-0.3, -0.25) is 10.1 Å². The molecule has 0 unspecified atom stereocenters. The van der Waals surface area contributed by atoms with Gasteiger partial charge >= 0.3 is 6.09 Å². The summed E-state index contributed by atoms with van der Waals surface area (Å²) < 4.78 is 36.8. The fourth-order valence-electron chi connectivity index (χ4n) is 5.72. The molecule has 7 rings (SSSR count). The van der Waals surface area contributed by atoms with Crippen LogP contribution in [0.25, 0.3) is 22.5 Å². The Hall–Kier alpha value is -4.65. The van der Waals surface area contributed by atoms with E-state index in [1.165, 1.54) is 29.3 Å². The normalized spacial score (nSPS) is 20.1. The number of aromatic nitrogens is 6. The lowest BCUT2D eigenvalue weighted by Gasteiger charge is -2.33. The number of ether oxygens (including phenoxy) is 1. The maximum Gasteiger partial charge on any atom is 0.411 e. The predicted octanol–water partition coefficient (Wildman–Crippen LogP) is 4.57. The maximum atomic E-state index is 15.3. The van der Waals surface area contributed by atoms with Gasteiger partial charge in [-0.1, -0.05) is 11.6 Å². The van der Waals surface area contributed by atoms with Crippen LogP contribution in [0.5, 0.6) is 0 Å². The van der Waals surface area contributed by atoms with Gasteiger partial charge in [-0.15, -0.1) is 5.10 Å². The third-order valence-electron chi connectivity index (χ3n) is 7.53. The van der Waals surface area contributed by atoms with E-state index in [-0.39, 0.29) is 46.3 Å². The van der Waals surface area contributed by atoms with Crippen molar-refractivity contribution in [3.05, 3.63) is 76.5 Å². The quantitative estimate of drug-likeness (QED) is 0.371. The van der Waals surface area contributed by atoms with Gasteiger partial charge in [0.25, 0.3) is 0 Å². The molecule has 11 nitrogen and oxygen atoms in total. The number of nitrogens with one attached hydrogen (secondary N) is 2. The molecule has 3 aliphatic heterocycles. The zero-order valence-corrected chi connectivity index (χ0v) is 21.3. The molecule has 2 aromatic heterocycles. The second-order valence-corrected chi connectivity index (χ2v) is 10.1. The van der Waals surface area contributed by atoms with Crippen LogP contribution in [0.4, 0.5) is 19.3 Å². The molecule has 202 valence electrons. The van der Waals surface area contributed by atoms with E-state index in [2.05, 4.69) is 30.8 Å². The molecule has 0 radical (unpaired) electrons. The van der Waals surface area contributed by atoms with E-state index < -0.39 is 17.7 Å². The number of hydrogen-bond acceptors (Lipinski definition) is 7. The van der Waals surface area contributed by atoms with Crippen LogP contribution in [0, 0.1) is 11.6 Å². The van der Waals surface area contributed by atoms with Gasteiger partial charge in [0.05, 0.1) is 34.3 Å². The van der Waals surface area contributed by atoms with E-state index >= 15 is 8.78 Å². The minimum Gasteiger partial charge on any atom is -0.444 e. The number of benzene rings is 2. The molecule has 2 amide bonds. The van der Waals surface area contributed by atoms with E-state index in [1.807, 2.05) is 0 Å². The summed E-state index contributed by atoms with van der Waals surface area (Å²) in [5.74, 6) is -0.945. The first-order chi connectivity index (χ1) is 19.4. The Morgan fingerprint density at radius 3 is 2.80 bits per heavy atom. The lowest BCUT2D eigenvalue weighted by molar-refractivity contribution is -0.129. The Kier molecular flexibility index (Phi) is 5.63. The summed E-state index contributed by atoms with van der Waals surface area (Å²) >= 11 is 6.10. The number of carbonyl (C=O) groups excluding carboxylic acids is 2. The number of tetrazole rings is 1. The lowest BCUT2D eigenvalue weighted by Crippen LogP contribution is -2.39. The summed E-state index contributed by atoms with van der Waals surface area (Å²) in [6.45, 7) is -0.175. The SMILES string of the molecule is O=C1Nc2ccc(-c3cnc([C@@H]4CC[C@@H]5CC(c6c(-n7cnnn7)ccc(Cl)c6F)=CC(=O)N54)[nH]3)c(F)c2CO1. The third kappa shape index (κ3) is 3.84. The van der Waals surface area contributed by atoms with Crippen molar-refractivity contribution in [1.82, 2.24) is 35.1 Å². The Labute approximate surface area is 229 Å². The highest BCUT2D eigenvalue weighted by Gasteiger charge is 2.42. The minimum atomic E-state index is -0.649. The number of hydrogen-bond donors (Lipinski definition) is 2. The molecule has 14 heteroatoms. The standard InChI is InChI=1S/C26H19ClF2N8O3/c27-16-3-6-19(36-11-31-34-35-36)22(24(16)29)12-7-13-1-5-20(37(13)21(38)8-12)25-30-9-18(32-25)14-2-4-17-15(23(14)28)10-40-26(39)33-17/h2-4,6,8-9,11,13,20H,1,5,7,10H2,(H,30,32)(H,33,39)/t13-,20+/m1/s1. The molecule has 0 aliphatic carbocycles. The third-order valence-corrected chi connectivity index (χ3v) is 7.82. The molecule has 2 aromatic carbocycles. The van der Waals surface area contributed by atoms with Crippen molar-refractivity contribution in [3.63, 3.8) is 0 Å². The molecule has 1 saturated heterocycles. The predicted molar refractivity (Wildman–Crippen MR) is 137 cm³/mol. The van der Waals surface area contributed by atoms with Gasteiger partial charge in [0.1, 0.15) is 24.6 Å². The average molecular weight is 565 g/mol. The van der Waals surface area contributed by atoms with Gasteiger partial charge in [-0.25, -0.2) is 18.6 Å². The number of anilines is 1. The van der Waals surface area contributed by atoms with Crippen molar-refractivity contribution in [2.45, 2.75) is 38.0 Å². The molecule has 0 saturated carbocycles. The highest BCUT2D eigenvalue weighted by atomic mass is 35.5. The second kappa shape index (κ2) is 9.23. The number of cyclic esters (lactones) is 1. The van der Waals surface area contributed by atoms with Gasteiger partial charge in [0.2, 0.25) is 5.91 Å². The Morgan fingerprint density at radius 1 is 1.10 bits per heavy atom. The van der Waals surface area contributed by atoms with Gasteiger partial charge in [0.15, 0.2) is 5.82 Å². The zero-order valence-electron chi connectivity index (χ0n) is 20.6. The minimum absolute atomic E-state index is 0.0710. The molecule has 40 heavy (non-hydrogen) atoms. The van der Waals surface area contributed by atoms with E-state index in [4.69, 9.17) is 16.3 Å². The van der Waals surface area contributed by atoms with Crippen LogP contribution in [-0.2, 0) is 16.1 Å². The van der Waals surface area contributed by atoms with Crippen molar-refractivity contribution in [1.29, 1.82) is 0 Å². The van der Waals surface area contributed by atoms with Crippen molar-refractivity contribution < 1.29 is 23.1 Å². The summed E-state index contributed by atoms with van der Waals surface area (Å²) in [6, 6.07) is 5.62. The molecule has 0 spiro atoms. The van der Waals surface area contributed by atoms with E-state index in [0.717, 1.165) is 0 Å². The fraction of sp³-hybridized carbons (Fsp3) is 0.231. The Balaban J connectivity index is 1.19. The summed E-state index contributed by atoms with van der Waals surface area (Å²) in [5, 5.41) is 13.5. The van der Waals surface area contributed by atoms with Crippen molar-refractivity contribution >= 4 is 34.9 Å². The van der Waals surface area contributed by atoms with Crippen LogP contribution in [-0.4, -0.2) is 53.1 Å². The van der Waals surface area contributed by atoms with Crippen LogP contribution in [0.1, 0.15) is 42.3 Å². The van der Waals surface area contributed by atoms with Gasteiger partial charge < -0.3 is 14.6 Å². The molecule has 3 aliphatic rings. The zero-order chi connectivity index (χ0) is 27.5. The number of H-pyrrole nitrogens is 1. The van der Waals surface area contributed by atoms with E-state index in [0.29, 0.717) is 47.7 Å². The first kappa shape index (κ1) is 24.4. The smallest absolute Gasteiger partial charge is 0.411 e. The van der Waals surface area contributed by atoms with E-state index in [1.54, 1.807) is 23.1 Å². The number of halogens is 3. The molecule has 1 fully saturated rings. The number of fused-ring (bicyclic) bond motifs is 2.